The minimum atomic E-state index is 0.415. The second-order valence-electron chi connectivity index (χ2n) is 7.69. The van der Waals surface area contributed by atoms with Gasteiger partial charge in [-0.1, -0.05) is 42.1 Å². The highest BCUT2D eigenvalue weighted by atomic mass is 16.6. The molecule has 1 aliphatic heterocycles. The second kappa shape index (κ2) is 7.84. The maximum atomic E-state index is 5.35. The van der Waals surface area contributed by atoms with E-state index in [1.807, 2.05) is 33.8 Å². The zero-order chi connectivity index (χ0) is 20.5. The number of rotatable bonds is 7. The Morgan fingerprint density at radius 3 is 2.41 bits per heavy atom. The average molecular weight is 389 g/mol. The van der Waals surface area contributed by atoms with E-state index in [4.69, 9.17) is 14.2 Å². The van der Waals surface area contributed by atoms with Gasteiger partial charge < -0.3 is 13.8 Å². The summed E-state index contributed by atoms with van der Waals surface area (Å²) in [6, 6.07) is 8.79. The molecule has 2 aromatic heterocycles. The first-order valence-electron chi connectivity index (χ1n) is 9.96. The fourth-order valence-corrected chi connectivity index (χ4v) is 3.80. The lowest BCUT2D eigenvalue weighted by molar-refractivity contribution is 0.393. The monoisotopic (exact) mass is 389 g/mol. The van der Waals surface area contributed by atoms with Crippen LogP contribution in [0.5, 0.6) is 0 Å². The molecule has 150 valence electrons. The number of allylic oxidation sites excluding steroid dienone is 2. The van der Waals surface area contributed by atoms with Crippen LogP contribution in [0.4, 0.5) is 0 Å². The van der Waals surface area contributed by atoms with Crippen molar-refractivity contribution in [3.63, 3.8) is 0 Å². The normalized spacial score (nSPS) is 16.3. The molecule has 3 heterocycles. The number of imidazole rings is 1. The number of nitrogens with zero attached hydrogens (tertiary/aromatic N) is 3. The van der Waals surface area contributed by atoms with Gasteiger partial charge in [0, 0.05) is 18.5 Å². The van der Waals surface area contributed by atoms with Gasteiger partial charge in [0.1, 0.15) is 11.6 Å². The van der Waals surface area contributed by atoms with Crippen molar-refractivity contribution in [2.45, 2.75) is 46.8 Å². The van der Waals surface area contributed by atoms with Gasteiger partial charge in [-0.05, 0) is 50.5 Å². The summed E-state index contributed by atoms with van der Waals surface area (Å²) in [6.07, 6.45) is 5.40. The molecule has 4 rings (SSSR count). The summed E-state index contributed by atoms with van der Waals surface area (Å²) in [5, 5.41) is 4.08. The highest BCUT2D eigenvalue weighted by Gasteiger charge is 2.22. The molecule has 0 saturated carbocycles. The lowest BCUT2D eigenvalue weighted by atomic mass is 10.0. The molecular formula is C24H27N3O2. The summed E-state index contributed by atoms with van der Waals surface area (Å²) in [5.41, 5.74) is 7.50. The summed E-state index contributed by atoms with van der Waals surface area (Å²) in [5.74, 6) is 1.79. The van der Waals surface area contributed by atoms with E-state index >= 15 is 0 Å². The smallest absolute Gasteiger partial charge is 0.141 e. The van der Waals surface area contributed by atoms with Gasteiger partial charge in [0.25, 0.3) is 0 Å². The third kappa shape index (κ3) is 4.10. The molecule has 0 bridgehead atoms. The van der Waals surface area contributed by atoms with Gasteiger partial charge in [-0.2, -0.15) is 0 Å². The Labute approximate surface area is 171 Å². The number of aryl methyl sites for hydroxylation is 4. The van der Waals surface area contributed by atoms with E-state index in [1.165, 1.54) is 11.1 Å². The Hall–Kier alpha value is -2.92. The fraction of sp³-hybridized carbons (Fsp3) is 0.333. The third-order valence-corrected chi connectivity index (χ3v) is 5.45. The number of aromatic nitrogens is 3. The van der Waals surface area contributed by atoms with Crippen LogP contribution < -0.4 is 0 Å². The summed E-state index contributed by atoms with van der Waals surface area (Å²) in [6.45, 7) is 13.6. The predicted molar refractivity (Wildman–Crippen MR) is 115 cm³/mol. The van der Waals surface area contributed by atoms with E-state index in [0.29, 0.717) is 6.10 Å². The molecule has 0 N–H and O–H groups in total. The van der Waals surface area contributed by atoms with Gasteiger partial charge in [0.2, 0.25) is 0 Å². The van der Waals surface area contributed by atoms with Gasteiger partial charge in [-0.25, -0.2) is 4.98 Å². The molecular weight excluding hydrogens is 362 g/mol. The second-order valence-corrected chi connectivity index (χ2v) is 7.69. The van der Waals surface area contributed by atoms with Gasteiger partial charge in [-0.15, -0.1) is 0 Å². The zero-order valence-electron chi connectivity index (χ0n) is 17.5. The van der Waals surface area contributed by atoms with Gasteiger partial charge >= 0.3 is 0 Å². The first kappa shape index (κ1) is 19.4. The van der Waals surface area contributed by atoms with Crippen molar-refractivity contribution in [2.24, 2.45) is 0 Å². The fourth-order valence-electron chi connectivity index (χ4n) is 3.80. The topological polar surface area (TPSA) is 56.4 Å². The zero-order valence-corrected chi connectivity index (χ0v) is 17.5. The van der Waals surface area contributed by atoms with Crippen LogP contribution in [0.15, 0.2) is 41.4 Å². The Balaban J connectivity index is 1.66. The van der Waals surface area contributed by atoms with Crippen LogP contribution in [0, 0.1) is 27.7 Å². The first-order chi connectivity index (χ1) is 14.0. The Morgan fingerprint density at radius 2 is 1.83 bits per heavy atom. The van der Waals surface area contributed by atoms with E-state index in [1.54, 1.807) is 0 Å². The molecule has 1 atom stereocenters. The van der Waals surface area contributed by atoms with Crippen molar-refractivity contribution in [1.29, 1.82) is 0 Å². The van der Waals surface area contributed by atoms with Crippen LogP contribution in [-0.2, 0) is 17.7 Å². The van der Waals surface area contributed by atoms with Crippen LogP contribution >= 0.6 is 0 Å². The van der Waals surface area contributed by atoms with Crippen LogP contribution in [0.25, 0.3) is 11.6 Å². The molecule has 0 aliphatic carbocycles. The summed E-state index contributed by atoms with van der Waals surface area (Å²) >= 11 is 0. The van der Waals surface area contributed by atoms with E-state index in [9.17, 15) is 0 Å². The molecule has 1 saturated heterocycles. The summed E-state index contributed by atoms with van der Waals surface area (Å²) in [4.78, 5) is 4.71. The largest absolute Gasteiger partial charge is 0.373 e. The molecule has 29 heavy (non-hydrogen) atoms. The number of benzene rings is 1. The van der Waals surface area contributed by atoms with Gasteiger partial charge in [0.05, 0.1) is 29.8 Å². The van der Waals surface area contributed by atoms with Crippen molar-refractivity contribution < 1.29 is 9.26 Å². The number of hydrogen-bond donors (Lipinski definition) is 0. The molecule has 5 heteroatoms. The van der Waals surface area contributed by atoms with Crippen LogP contribution in [0.1, 0.15) is 45.4 Å². The van der Waals surface area contributed by atoms with Crippen molar-refractivity contribution in [3.8, 4) is 0 Å². The van der Waals surface area contributed by atoms with E-state index in [2.05, 4.69) is 46.6 Å². The van der Waals surface area contributed by atoms with Crippen molar-refractivity contribution in [3.05, 3.63) is 82.3 Å². The maximum Gasteiger partial charge on any atom is 0.141 e. The number of hydrogen-bond acceptors (Lipinski definition) is 4. The highest BCUT2D eigenvalue weighted by molar-refractivity contribution is 5.88. The third-order valence-electron chi connectivity index (χ3n) is 5.45. The molecule has 1 fully saturated rings. The molecule has 0 radical (unpaired) electrons. The quantitative estimate of drug-likeness (QED) is 0.429. The van der Waals surface area contributed by atoms with E-state index in [-0.39, 0.29) is 0 Å². The lowest BCUT2D eigenvalue weighted by Gasteiger charge is -2.11. The predicted octanol–water partition coefficient (Wildman–Crippen LogP) is 4.82. The average Bonchev–Trinajstić information content (AvgIpc) is 3.40. The molecule has 1 aliphatic rings. The van der Waals surface area contributed by atoms with Crippen molar-refractivity contribution in [2.75, 3.05) is 6.61 Å². The van der Waals surface area contributed by atoms with Crippen molar-refractivity contribution in [1.82, 2.24) is 14.7 Å². The van der Waals surface area contributed by atoms with Crippen LogP contribution in [0.3, 0.4) is 0 Å². The molecule has 0 spiro atoms. The SMILES string of the molecule is C=C/C(=C\c1c(C)nc(C)n1Cc1ccc(CC2CO2)cc1)c1c(C)noc1C. The maximum absolute atomic E-state index is 5.35. The van der Waals surface area contributed by atoms with Crippen LogP contribution in [0.2, 0.25) is 0 Å². The highest BCUT2D eigenvalue weighted by Crippen LogP contribution is 2.27. The number of ether oxygens (including phenoxy) is 1. The molecule has 1 aromatic carbocycles. The first-order valence-corrected chi connectivity index (χ1v) is 9.96. The minimum absolute atomic E-state index is 0.415. The van der Waals surface area contributed by atoms with Crippen molar-refractivity contribution >= 4 is 11.6 Å². The summed E-state index contributed by atoms with van der Waals surface area (Å²) in [7, 11) is 0. The summed E-state index contributed by atoms with van der Waals surface area (Å²) < 4.78 is 12.9. The Morgan fingerprint density at radius 1 is 1.14 bits per heavy atom. The Bertz CT molecular complexity index is 1050. The standard InChI is InChI=1S/C24H27N3O2/c1-6-21(24-16(3)26-29-17(24)4)12-23-15(2)25-18(5)27(23)13-20-9-7-19(8-10-20)11-22-14-28-22/h6-10,12,22H,1,11,13-14H2,2-5H3/b21-12+. The molecule has 5 nitrogen and oxygen atoms in total. The van der Waals surface area contributed by atoms with Gasteiger partial charge in [0.15, 0.2) is 0 Å². The minimum Gasteiger partial charge on any atom is -0.373 e. The van der Waals surface area contributed by atoms with E-state index < -0.39 is 0 Å². The lowest BCUT2D eigenvalue weighted by Crippen LogP contribution is -2.05. The van der Waals surface area contributed by atoms with E-state index in [0.717, 1.165) is 59.4 Å². The van der Waals surface area contributed by atoms with Gasteiger partial charge in [-0.3, -0.25) is 0 Å². The van der Waals surface area contributed by atoms with Crippen LogP contribution in [-0.4, -0.2) is 27.4 Å². The Kier molecular flexibility index (Phi) is 5.24. The number of epoxide rings is 1. The molecule has 0 amide bonds. The molecule has 3 aromatic rings. The molecule has 1 unspecified atom stereocenters.